The molecule has 0 aliphatic carbocycles. The maximum Gasteiger partial charge on any atom is 0.341 e. The molecule has 0 spiro atoms. The highest BCUT2D eigenvalue weighted by atomic mass is 16.5. The number of aromatic carboxylic acids is 1. The molecule has 0 aliphatic rings. The van der Waals surface area contributed by atoms with Crippen molar-refractivity contribution in [3.05, 3.63) is 65.2 Å². The molecule has 0 bridgehead atoms. The molecule has 13 heteroatoms. The Morgan fingerprint density at radius 1 is 0.767 bits per heavy atom. The number of carbonyl (C=O) groups excluding carboxylic acids is 3. The third kappa shape index (κ3) is 12.6. The first-order valence-corrected chi connectivity index (χ1v) is 13.8. The minimum atomic E-state index is -1.38. The van der Waals surface area contributed by atoms with Crippen LogP contribution in [0.3, 0.4) is 0 Å². The first-order valence-electron chi connectivity index (χ1n) is 13.8. The highest BCUT2D eigenvalue weighted by Crippen LogP contribution is 2.21. The third-order valence-electron chi connectivity index (χ3n) is 6.28. The number of unbranched alkanes of at least 4 members (excludes halogenated alkanes) is 2. The molecule has 6 N–H and O–H groups in total. The molecule has 0 aromatic heterocycles. The Morgan fingerprint density at radius 3 is 2.07 bits per heavy atom. The van der Waals surface area contributed by atoms with Gasteiger partial charge in [-0.3, -0.25) is 19.2 Å². The number of nitrogens with one attached hydrogen (secondary N) is 3. The van der Waals surface area contributed by atoms with Crippen molar-refractivity contribution < 1.29 is 48.8 Å². The lowest BCUT2D eigenvalue weighted by Gasteiger charge is -2.24. The second-order valence-corrected chi connectivity index (χ2v) is 9.79. The second kappa shape index (κ2) is 17.8. The predicted octanol–water partition coefficient (Wildman–Crippen LogP) is 1.77. The number of hydrogen-bond donors (Lipinski definition) is 6. The van der Waals surface area contributed by atoms with E-state index in [1.807, 2.05) is 6.92 Å². The highest BCUT2D eigenvalue weighted by Gasteiger charge is 2.28. The number of carbonyl (C=O) groups is 6. The zero-order chi connectivity index (χ0) is 31.8. The summed E-state index contributed by atoms with van der Waals surface area (Å²) >= 11 is 0. The van der Waals surface area contributed by atoms with Gasteiger partial charge in [-0.1, -0.05) is 56.2 Å². The molecular formula is C30H37N3O10. The highest BCUT2D eigenvalue weighted by molar-refractivity contribution is 5.93. The van der Waals surface area contributed by atoms with Crippen molar-refractivity contribution in [3.63, 3.8) is 0 Å². The van der Waals surface area contributed by atoms with Gasteiger partial charge in [-0.25, -0.2) is 9.59 Å². The Kier molecular flexibility index (Phi) is 14.2. The van der Waals surface area contributed by atoms with Gasteiger partial charge in [0.1, 0.15) is 23.4 Å². The maximum absolute atomic E-state index is 13.5. The molecule has 2 aromatic carbocycles. The van der Waals surface area contributed by atoms with Crippen molar-refractivity contribution in [2.75, 3.05) is 13.2 Å². The molecule has 232 valence electrons. The van der Waals surface area contributed by atoms with Crippen LogP contribution < -0.4 is 20.7 Å². The number of benzene rings is 2. The van der Waals surface area contributed by atoms with E-state index in [-0.39, 0.29) is 30.6 Å². The quantitative estimate of drug-likeness (QED) is 0.129. The van der Waals surface area contributed by atoms with Crippen molar-refractivity contribution in [2.45, 2.75) is 64.0 Å². The van der Waals surface area contributed by atoms with Crippen molar-refractivity contribution in [2.24, 2.45) is 0 Å². The fourth-order valence-electron chi connectivity index (χ4n) is 4.11. The lowest BCUT2D eigenvalue weighted by atomic mass is 10.0. The van der Waals surface area contributed by atoms with Crippen LogP contribution in [-0.2, 0) is 36.8 Å². The first-order chi connectivity index (χ1) is 20.5. The van der Waals surface area contributed by atoms with E-state index in [1.54, 1.807) is 30.3 Å². The number of carboxylic acids is 3. The van der Waals surface area contributed by atoms with Gasteiger partial charge in [-0.05, 0) is 29.7 Å². The zero-order valence-corrected chi connectivity index (χ0v) is 23.8. The summed E-state index contributed by atoms with van der Waals surface area (Å²) in [6.45, 7) is 1.60. The third-order valence-corrected chi connectivity index (χ3v) is 6.28. The summed E-state index contributed by atoms with van der Waals surface area (Å²) in [6, 6.07) is 10.5. The van der Waals surface area contributed by atoms with E-state index in [4.69, 9.17) is 14.9 Å². The van der Waals surface area contributed by atoms with E-state index in [1.165, 1.54) is 18.2 Å². The maximum atomic E-state index is 13.5. The Morgan fingerprint density at radius 2 is 1.44 bits per heavy atom. The van der Waals surface area contributed by atoms with Crippen molar-refractivity contribution in [1.82, 2.24) is 16.0 Å². The molecular weight excluding hydrogens is 562 g/mol. The average molecular weight is 600 g/mol. The van der Waals surface area contributed by atoms with Crippen LogP contribution >= 0.6 is 0 Å². The molecule has 2 atom stereocenters. The van der Waals surface area contributed by atoms with Crippen LogP contribution in [0.15, 0.2) is 48.5 Å². The molecule has 0 fully saturated rings. The Labute approximate surface area is 248 Å². The lowest BCUT2D eigenvalue weighted by molar-refractivity contribution is -0.139. The number of carboxylic acid groups (broad SMARTS) is 3. The summed E-state index contributed by atoms with van der Waals surface area (Å²) < 4.78 is 5.06. The fourth-order valence-corrected chi connectivity index (χ4v) is 4.11. The smallest absolute Gasteiger partial charge is 0.341 e. The summed E-state index contributed by atoms with van der Waals surface area (Å²) in [4.78, 5) is 72.8. The summed E-state index contributed by atoms with van der Waals surface area (Å²) in [5, 5.41) is 35.4. The van der Waals surface area contributed by atoms with Crippen LogP contribution in [0.1, 0.15) is 60.5 Å². The Bertz CT molecular complexity index is 1280. The predicted molar refractivity (Wildman–Crippen MR) is 154 cm³/mol. The van der Waals surface area contributed by atoms with E-state index in [0.29, 0.717) is 24.1 Å². The Hall–Kier alpha value is -4.94. The molecule has 0 saturated carbocycles. The monoisotopic (exact) mass is 599 g/mol. The van der Waals surface area contributed by atoms with Crippen LogP contribution in [0.2, 0.25) is 0 Å². The van der Waals surface area contributed by atoms with Gasteiger partial charge in [-0.2, -0.15) is 0 Å². The molecule has 0 aliphatic heterocycles. The molecule has 0 heterocycles. The molecule has 0 unspecified atom stereocenters. The van der Waals surface area contributed by atoms with E-state index in [2.05, 4.69) is 16.0 Å². The van der Waals surface area contributed by atoms with Gasteiger partial charge in [-0.15, -0.1) is 0 Å². The molecule has 43 heavy (non-hydrogen) atoms. The van der Waals surface area contributed by atoms with Gasteiger partial charge in [0.05, 0.1) is 6.42 Å². The van der Waals surface area contributed by atoms with Crippen molar-refractivity contribution in [1.29, 1.82) is 0 Å². The van der Waals surface area contributed by atoms with Crippen LogP contribution in [0.5, 0.6) is 5.75 Å². The van der Waals surface area contributed by atoms with E-state index in [0.717, 1.165) is 12.8 Å². The van der Waals surface area contributed by atoms with E-state index >= 15 is 0 Å². The fraction of sp³-hybridized carbons (Fsp3) is 0.400. The molecule has 3 amide bonds. The van der Waals surface area contributed by atoms with Crippen LogP contribution in [0, 0.1) is 0 Å². The van der Waals surface area contributed by atoms with Crippen LogP contribution in [0.4, 0.5) is 0 Å². The minimum absolute atomic E-state index is 0.0646. The number of hydrogen-bond acceptors (Lipinski definition) is 7. The summed E-state index contributed by atoms with van der Waals surface area (Å²) in [5.41, 5.74) is 0.740. The second-order valence-electron chi connectivity index (χ2n) is 9.79. The summed E-state index contributed by atoms with van der Waals surface area (Å²) in [6.07, 6.45) is 1.67. The van der Waals surface area contributed by atoms with Crippen molar-refractivity contribution in [3.8, 4) is 5.75 Å². The van der Waals surface area contributed by atoms with E-state index in [9.17, 15) is 33.9 Å². The van der Waals surface area contributed by atoms with Crippen LogP contribution in [0.25, 0.3) is 0 Å². The van der Waals surface area contributed by atoms with Crippen molar-refractivity contribution >= 4 is 35.6 Å². The lowest BCUT2D eigenvalue weighted by Crippen LogP contribution is -2.55. The standard InChI is InChI=1S/C30H37N3O10/c1-2-3-7-14-31-28(39)22(17-20-10-11-24(43-18-27(37)38)21(15-20)30(41)42)33-29(40)23(16-19-8-5-4-6-9-19)32-25(34)12-13-26(35)36/h4-6,8-11,15,22-23H,2-3,7,12-14,16-18H2,1H3,(H,31,39)(H,32,34)(H,33,40)(H,35,36)(H,37,38)(H,41,42)/t22-,23-/m0/s1. The first kappa shape index (κ1) is 34.3. The van der Waals surface area contributed by atoms with E-state index < -0.39 is 60.7 Å². The number of amides is 3. The zero-order valence-electron chi connectivity index (χ0n) is 23.8. The summed E-state index contributed by atoms with van der Waals surface area (Å²) in [5.74, 6) is -5.87. The van der Waals surface area contributed by atoms with Gasteiger partial charge < -0.3 is 36.0 Å². The van der Waals surface area contributed by atoms with Gasteiger partial charge in [0, 0.05) is 25.8 Å². The SMILES string of the molecule is CCCCCNC(=O)[C@H](Cc1ccc(OCC(=O)O)c(C(=O)O)c1)NC(=O)[C@H](Cc1ccccc1)NC(=O)CCC(=O)O. The number of ether oxygens (including phenoxy) is 1. The summed E-state index contributed by atoms with van der Waals surface area (Å²) in [7, 11) is 0. The normalized spacial score (nSPS) is 11.9. The van der Waals surface area contributed by atoms with Gasteiger partial charge in [0.2, 0.25) is 17.7 Å². The molecule has 2 rings (SSSR count). The van der Waals surface area contributed by atoms with Gasteiger partial charge in [0.15, 0.2) is 6.61 Å². The molecule has 13 nitrogen and oxygen atoms in total. The van der Waals surface area contributed by atoms with Gasteiger partial charge in [0.25, 0.3) is 0 Å². The number of aliphatic carboxylic acids is 2. The molecule has 0 saturated heterocycles. The minimum Gasteiger partial charge on any atom is -0.481 e. The Balaban J connectivity index is 2.32. The molecule has 2 aromatic rings. The topological polar surface area (TPSA) is 208 Å². The van der Waals surface area contributed by atoms with Gasteiger partial charge >= 0.3 is 17.9 Å². The number of rotatable bonds is 19. The van der Waals surface area contributed by atoms with Crippen LogP contribution in [-0.4, -0.2) is 76.2 Å². The molecule has 0 radical (unpaired) electrons. The average Bonchev–Trinajstić information content (AvgIpc) is 2.97. The largest absolute Gasteiger partial charge is 0.481 e.